The maximum Gasteiger partial charge on any atom is 0.226 e. The second-order valence-electron chi connectivity index (χ2n) is 5.83. The topological polar surface area (TPSA) is 71.5 Å². The summed E-state index contributed by atoms with van der Waals surface area (Å²) in [6.07, 6.45) is 0.341. The molecule has 130 valence electrons. The molecule has 0 aliphatic heterocycles. The molecule has 0 bridgehead atoms. The van der Waals surface area contributed by atoms with Crippen molar-refractivity contribution in [2.24, 2.45) is 0 Å². The number of ether oxygens (including phenoxy) is 1. The summed E-state index contributed by atoms with van der Waals surface area (Å²) in [5.41, 5.74) is 1.91. The Bertz CT molecular complexity index is 653. The molecule has 0 spiro atoms. The zero-order valence-corrected chi connectivity index (χ0v) is 15.1. The van der Waals surface area contributed by atoms with Gasteiger partial charge in [-0.05, 0) is 32.4 Å². The van der Waals surface area contributed by atoms with E-state index in [0.29, 0.717) is 13.0 Å². The minimum absolute atomic E-state index is 0.126. The Labute approximate surface area is 146 Å². The number of nitrogens with zero attached hydrogens (tertiary/aromatic N) is 1. The van der Waals surface area contributed by atoms with E-state index in [-0.39, 0.29) is 18.4 Å². The highest BCUT2D eigenvalue weighted by molar-refractivity contribution is 7.09. The van der Waals surface area contributed by atoms with Crippen LogP contribution >= 0.6 is 11.3 Å². The van der Waals surface area contributed by atoms with Gasteiger partial charge in [0.2, 0.25) is 5.91 Å². The van der Waals surface area contributed by atoms with E-state index in [9.17, 15) is 9.90 Å². The first-order valence-electron chi connectivity index (χ1n) is 8.08. The molecule has 1 amide bonds. The van der Waals surface area contributed by atoms with Crippen molar-refractivity contribution in [3.63, 3.8) is 0 Å². The fraction of sp³-hybridized carbons (Fsp3) is 0.444. The van der Waals surface area contributed by atoms with Gasteiger partial charge in [-0.1, -0.05) is 24.6 Å². The summed E-state index contributed by atoms with van der Waals surface area (Å²) < 4.78 is 5.69. The first kappa shape index (κ1) is 18.4. The molecular formula is C18H24N2O3S. The molecule has 2 rings (SSSR count). The van der Waals surface area contributed by atoms with Crippen LogP contribution < -0.4 is 10.1 Å². The van der Waals surface area contributed by atoms with E-state index in [4.69, 9.17) is 4.74 Å². The van der Waals surface area contributed by atoms with Gasteiger partial charge in [0, 0.05) is 5.38 Å². The van der Waals surface area contributed by atoms with Crippen molar-refractivity contribution in [1.29, 1.82) is 0 Å². The van der Waals surface area contributed by atoms with Crippen LogP contribution in [0.1, 0.15) is 36.5 Å². The number of hydrogen-bond acceptors (Lipinski definition) is 5. The van der Waals surface area contributed by atoms with Crippen LogP contribution in [0.25, 0.3) is 0 Å². The van der Waals surface area contributed by atoms with Gasteiger partial charge in [0.15, 0.2) is 0 Å². The van der Waals surface area contributed by atoms with Crippen molar-refractivity contribution in [3.05, 3.63) is 45.9 Å². The van der Waals surface area contributed by atoms with Gasteiger partial charge in [0.1, 0.15) is 17.4 Å². The first-order valence-corrected chi connectivity index (χ1v) is 8.96. The third-order valence-electron chi connectivity index (χ3n) is 3.69. The molecule has 2 aromatic rings. The van der Waals surface area contributed by atoms with Crippen molar-refractivity contribution < 1.29 is 14.6 Å². The number of aromatic nitrogens is 1. The van der Waals surface area contributed by atoms with Crippen molar-refractivity contribution in [2.75, 3.05) is 0 Å². The van der Waals surface area contributed by atoms with Gasteiger partial charge in [0.25, 0.3) is 0 Å². The highest BCUT2D eigenvalue weighted by atomic mass is 32.1. The number of aliphatic hydroxyl groups excluding tert-OH is 1. The monoisotopic (exact) mass is 348 g/mol. The Hall–Kier alpha value is -1.92. The molecule has 5 nitrogen and oxygen atoms in total. The summed E-state index contributed by atoms with van der Waals surface area (Å²) in [5.74, 6) is 0.678. The molecule has 0 fully saturated rings. The lowest BCUT2D eigenvalue weighted by molar-refractivity contribution is -0.122. The number of hydrogen-bond donors (Lipinski definition) is 2. The Morgan fingerprint density at radius 3 is 2.71 bits per heavy atom. The van der Waals surface area contributed by atoms with Gasteiger partial charge in [-0.25, -0.2) is 4.98 Å². The van der Waals surface area contributed by atoms with Crippen LogP contribution in [-0.2, 0) is 17.8 Å². The third kappa shape index (κ3) is 5.62. The Morgan fingerprint density at radius 1 is 1.38 bits per heavy atom. The smallest absolute Gasteiger partial charge is 0.226 e. The van der Waals surface area contributed by atoms with E-state index in [0.717, 1.165) is 16.5 Å². The average Bonchev–Trinajstić information content (AvgIpc) is 2.99. The lowest BCUT2D eigenvalue weighted by Crippen LogP contribution is -2.42. The first-order chi connectivity index (χ1) is 11.5. The van der Waals surface area contributed by atoms with Gasteiger partial charge in [-0.15, -0.1) is 11.3 Å². The molecule has 2 atom stereocenters. The molecule has 1 aromatic heterocycles. The van der Waals surface area contributed by atoms with Crippen LogP contribution in [0.4, 0.5) is 0 Å². The van der Waals surface area contributed by atoms with E-state index >= 15 is 0 Å². The fourth-order valence-corrected chi connectivity index (χ4v) is 2.97. The molecule has 1 aromatic carbocycles. The largest absolute Gasteiger partial charge is 0.486 e. The molecule has 2 N–H and O–H groups in total. The van der Waals surface area contributed by atoms with E-state index in [1.165, 1.54) is 16.9 Å². The van der Waals surface area contributed by atoms with Crippen molar-refractivity contribution in [1.82, 2.24) is 10.3 Å². The van der Waals surface area contributed by atoms with Crippen LogP contribution in [0.3, 0.4) is 0 Å². The maximum absolute atomic E-state index is 12.0. The number of thiazole rings is 1. The second kappa shape index (κ2) is 8.80. The van der Waals surface area contributed by atoms with Crippen LogP contribution in [0.5, 0.6) is 5.75 Å². The zero-order chi connectivity index (χ0) is 17.5. The predicted octanol–water partition coefficient (Wildman–Crippen LogP) is 2.85. The molecule has 0 aliphatic rings. The van der Waals surface area contributed by atoms with Crippen LogP contribution in [0.2, 0.25) is 0 Å². The second-order valence-corrected chi connectivity index (χ2v) is 6.78. The Morgan fingerprint density at radius 2 is 2.08 bits per heavy atom. The van der Waals surface area contributed by atoms with E-state index in [1.54, 1.807) is 6.92 Å². The number of benzene rings is 1. The predicted molar refractivity (Wildman–Crippen MR) is 95.2 cm³/mol. The highest BCUT2D eigenvalue weighted by Gasteiger charge is 2.16. The Balaban J connectivity index is 1.84. The molecule has 0 saturated heterocycles. The van der Waals surface area contributed by atoms with Crippen LogP contribution in [-0.4, -0.2) is 28.1 Å². The fourth-order valence-electron chi connectivity index (χ4n) is 2.26. The normalized spacial score (nSPS) is 13.3. The van der Waals surface area contributed by atoms with Gasteiger partial charge in [0.05, 0.1) is 24.3 Å². The SMILES string of the molecule is CC[C@H](NC(=O)Cc1csc(COc2ccc(C)cc2)n1)[C@H](C)O. The zero-order valence-electron chi connectivity index (χ0n) is 14.3. The number of carbonyl (C=O) groups excluding carboxylic acids is 1. The molecule has 0 radical (unpaired) electrons. The molecule has 6 heteroatoms. The summed E-state index contributed by atoms with van der Waals surface area (Å²) in [7, 11) is 0. The van der Waals surface area contributed by atoms with Crippen molar-refractivity contribution in [3.8, 4) is 5.75 Å². The number of rotatable bonds is 8. The molecule has 0 unspecified atom stereocenters. The summed E-state index contributed by atoms with van der Waals surface area (Å²) in [6, 6.07) is 7.63. The number of nitrogens with one attached hydrogen (secondary N) is 1. The molecule has 24 heavy (non-hydrogen) atoms. The minimum Gasteiger partial charge on any atom is -0.486 e. The molecule has 0 saturated carbocycles. The quantitative estimate of drug-likeness (QED) is 0.769. The number of amides is 1. The summed E-state index contributed by atoms with van der Waals surface area (Å²) >= 11 is 1.48. The summed E-state index contributed by atoms with van der Waals surface area (Å²) in [4.78, 5) is 16.4. The van der Waals surface area contributed by atoms with Gasteiger partial charge in [-0.3, -0.25) is 4.79 Å². The highest BCUT2D eigenvalue weighted by Crippen LogP contribution is 2.16. The van der Waals surface area contributed by atoms with E-state index in [1.807, 2.05) is 43.5 Å². The minimum atomic E-state index is -0.562. The molecule has 1 heterocycles. The lowest BCUT2D eigenvalue weighted by Gasteiger charge is -2.19. The average molecular weight is 348 g/mol. The van der Waals surface area contributed by atoms with Gasteiger partial charge < -0.3 is 15.2 Å². The molecule has 0 aliphatic carbocycles. The van der Waals surface area contributed by atoms with Crippen LogP contribution in [0.15, 0.2) is 29.6 Å². The van der Waals surface area contributed by atoms with Crippen molar-refractivity contribution in [2.45, 2.75) is 52.4 Å². The van der Waals surface area contributed by atoms with Crippen LogP contribution in [0, 0.1) is 6.92 Å². The van der Waals surface area contributed by atoms with E-state index in [2.05, 4.69) is 10.3 Å². The van der Waals surface area contributed by atoms with Gasteiger partial charge >= 0.3 is 0 Å². The third-order valence-corrected chi connectivity index (χ3v) is 4.56. The number of aryl methyl sites for hydroxylation is 1. The Kier molecular flexibility index (Phi) is 6.75. The number of aliphatic hydroxyl groups is 1. The van der Waals surface area contributed by atoms with Crippen molar-refractivity contribution >= 4 is 17.2 Å². The number of carbonyl (C=O) groups is 1. The summed E-state index contributed by atoms with van der Waals surface area (Å²) in [6.45, 7) is 6.03. The lowest BCUT2D eigenvalue weighted by atomic mass is 10.1. The maximum atomic E-state index is 12.0. The standard InChI is InChI=1S/C18H24N2O3S/c1-4-16(13(3)21)20-17(22)9-14-11-24-18(19-14)10-23-15-7-5-12(2)6-8-15/h5-8,11,13,16,21H,4,9-10H2,1-3H3,(H,20,22)/t13-,16-/m0/s1. The molecular weight excluding hydrogens is 324 g/mol. The van der Waals surface area contributed by atoms with Gasteiger partial charge in [-0.2, -0.15) is 0 Å². The van der Waals surface area contributed by atoms with E-state index < -0.39 is 6.10 Å². The summed E-state index contributed by atoms with van der Waals surface area (Å²) in [5, 5.41) is 15.1.